The number of ether oxygens (including phenoxy) is 2. The average molecular weight is 442 g/mol. The summed E-state index contributed by atoms with van der Waals surface area (Å²) in [5, 5.41) is 5.83. The molecule has 2 aromatic rings. The van der Waals surface area contributed by atoms with E-state index in [4.69, 9.17) is 9.47 Å². The third kappa shape index (κ3) is 5.03. The number of carbonyl (C=O) groups is 2. The van der Waals surface area contributed by atoms with Gasteiger partial charge in [-0.25, -0.2) is 0 Å². The maximum Gasteiger partial charge on any atom is 0.251 e. The van der Waals surface area contributed by atoms with Crippen molar-refractivity contribution in [2.45, 2.75) is 23.1 Å². The van der Waals surface area contributed by atoms with Crippen molar-refractivity contribution in [2.24, 2.45) is 0 Å². The molecule has 1 fully saturated rings. The van der Waals surface area contributed by atoms with E-state index in [0.29, 0.717) is 31.0 Å². The van der Waals surface area contributed by atoms with Gasteiger partial charge >= 0.3 is 0 Å². The number of nitrogens with zero attached hydrogens (tertiary/aromatic N) is 1. The van der Waals surface area contributed by atoms with Crippen LogP contribution in [0.25, 0.3) is 0 Å². The molecule has 2 unspecified atom stereocenters. The van der Waals surface area contributed by atoms with Crippen molar-refractivity contribution in [3.8, 4) is 5.75 Å². The van der Waals surface area contributed by atoms with Crippen LogP contribution in [0.15, 0.2) is 47.4 Å². The van der Waals surface area contributed by atoms with E-state index in [1.165, 1.54) is 11.8 Å². The van der Waals surface area contributed by atoms with Crippen molar-refractivity contribution < 1.29 is 19.1 Å². The van der Waals surface area contributed by atoms with Crippen molar-refractivity contribution in [3.05, 3.63) is 53.6 Å². The predicted octanol–water partition coefficient (Wildman–Crippen LogP) is 2.93. The number of morpholine rings is 1. The molecular formula is C23H27N3O4S. The van der Waals surface area contributed by atoms with Gasteiger partial charge in [-0.05, 0) is 42.8 Å². The zero-order chi connectivity index (χ0) is 21.8. The van der Waals surface area contributed by atoms with Crippen molar-refractivity contribution in [2.75, 3.05) is 45.3 Å². The summed E-state index contributed by atoms with van der Waals surface area (Å²) < 4.78 is 10.8. The van der Waals surface area contributed by atoms with Crippen molar-refractivity contribution in [3.63, 3.8) is 0 Å². The molecule has 4 rings (SSSR count). The molecule has 2 atom stereocenters. The number of rotatable bonds is 6. The fraction of sp³-hybridized carbons (Fsp3) is 0.391. The van der Waals surface area contributed by atoms with E-state index in [2.05, 4.69) is 15.5 Å². The largest absolute Gasteiger partial charge is 0.497 e. The van der Waals surface area contributed by atoms with Gasteiger partial charge in [0, 0.05) is 30.1 Å². The Morgan fingerprint density at radius 2 is 2.00 bits per heavy atom. The first-order valence-corrected chi connectivity index (χ1v) is 11.3. The number of amides is 2. The average Bonchev–Trinajstić information content (AvgIpc) is 2.80. The maximum absolute atomic E-state index is 12.9. The molecule has 0 radical (unpaired) electrons. The minimum atomic E-state index is -0.160. The zero-order valence-corrected chi connectivity index (χ0v) is 18.5. The number of carbonyl (C=O) groups excluding carboxylic acids is 2. The number of hydrogen-bond acceptors (Lipinski definition) is 6. The Morgan fingerprint density at radius 3 is 2.71 bits per heavy atom. The van der Waals surface area contributed by atoms with Crippen LogP contribution in [0.4, 0.5) is 5.69 Å². The van der Waals surface area contributed by atoms with Gasteiger partial charge in [0.15, 0.2) is 0 Å². The van der Waals surface area contributed by atoms with Crippen LogP contribution < -0.4 is 15.4 Å². The highest BCUT2D eigenvalue weighted by Crippen LogP contribution is 2.36. The maximum atomic E-state index is 12.9. The lowest BCUT2D eigenvalue weighted by atomic mass is 10.0. The molecule has 1 saturated heterocycles. The van der Waals surface area contributed by atoms with Gasteiger partial charge in [0.2, 0.25) is 5.91 Å². The van der Waals surface area contributed by atoms with Crippen LogP contribution in [-0.4, -0.2) is 61.9 Å². The summed E-state index contributed by atoms with van der Waals surface area (Å²) in [7, 11) is 1.65. The topological polar surface area (TPSA) is 79.9 Å². The van der Waals surface area contributed by atoms with Crippen molar-refractivity contribution >= 4 is 29.3 Å². The number of fused-ring (bicyclic) bond motifs is 1. The standard InChI is InChI=1S/C23H27N3O4S/c1-15-22(27)25-19-13-17(5-8-21(19)31-15)23(28)24-14-20(26-9-11-30-12-10-26)16-3-6-18(29-2)7-4-16/h3-8,13,15,20H,9-12,14H2,1-2H3,(H,24,28)(H,25,27). The van der Waals surface area contributed by atoms with Gasteiger partial charge in [0.25, 0.3) is 5.91 Å². The predicted molar refractivity (Wildman–Crippen MR) is 121 cm³/mol. The van der Waals surface area contributed by atoms with E-state index < -0.39 is 0 Å². The Kier molecular flexibility index (Phi) is 6.80. The van der Waals surface area contributed by atoms with Gasteiger partial charge in [0.1, 0.15) is 5.75 Å². The van der Waals surface area contributed by atoms with Crippen LogP contribution in [0.2, 0.25) is 0 Å². The Balaban J connectivity index is 1.48. The lowest BCUT2D eigenvalue weighted by molar-refractivity contribution is -0.115. The van der Waals surface area contributed by atoms with Crippen LogP contribution in [0.5, 0.6) is 5.75 Å². The lowest BCUT2D eigenvalue weighted by Gasteiger charge is -2.35. The smallest absolute Gasteiger partial charge is 0.251 e. The summed E-state index contributed by atoms with van der Waals surface area (Å²) in [4.78, 5) is 28.2. The summed E-state index contributed by atoms with van der Waals surface area (Å²) in [6.45, 7) is 5.33. The third-order valence-electron chi connectivity index (χ3n) is 5.62. The Hall–Kier alpha value is -2.55. The van der Waals surface area contributed by atoms with Gasteiger partial charge in [-0.15, -0.1) is 11.8 Å². The van der Waals surface area contributed by atoms with Crippen LogP contribution >= 0.6 is 11.8 Å². The van der Waals surface area contributed by atoms with Crippen molar-refractivity contribution in [1.82, 2.24) is 10.2 Å². The van der Waals surface area contributed by atoms with Gasteiger partial charge in [0.05, 0.1) is 37.3 Å². The molecule has 2 amide bonds. The van der Waals surface area contributed by atoms with Gasteiger partial charge < -0.3 is 20.1 Å². The normalized spacial score (nSPS) is 19.8. The number of thioether (sulfide) groups is 1. The number of anilines is 1. The van der Waals surface area contributed by atoms with E-state index in [1.54, 1.807) is 13.2 Å². The second-order valence-corrected chi connectivity index (χ2v) is 8.99. The van der Waals surface area contributed by atoms with E-state index in [0.717, 1.165) is 29.3 Å². The Bertz CT molecular complexity index is 944. The fourth-order valence-electron chi connectivity index (χ4n) is 3.81. The fourth-order valence-corrected chi connectivity index (χ4v) is 4.74. The minimum absolute atomic E-state index is 0.0347. The number of benzene rings is 2. The van der Waals surface area contributed by atoms with Gasteiger partial charge in [-0.3, -0.25) is 14.5 Å². The van der Waals surface area contributed by atoms with Crippen LogP contribution in [-0.2, 0) is 9.53 Å². The first-order valence-electron chi connectivity index (χ1n) is 10.4. The molecule has 31 heavy (non-hydrogen) atoms. The first kappa shape index (κ1) is 21.7. The summed E-state index contributed by atoms with van der Waals surface area (Å²) in [5.41, 5.74) is 2.34. The highest BCUT2D eigenvalue weighted by Gasteiger charge is 2.25. The van der Waals surface area contributed by atoms with E-state index in [9.17, 15) is 9.59 Å². The molecule has 0 spiro atoms. The second-order valence-electron chi connectivity index (χ2n) is 7.61. The number of methoxy groups -OCH3 is 1. The molecule has 2 heterocycles. The van der Waals surface area contributed by atoms with Gasteiger partial charge in [-0.1, -0.05) is 12.1 Å². The minimum Gasteiger partial charge on any atom is -0.497 e. The SMILES string of the molecule is COc1ccc(C(CNC(=O)c2ccc3c(c2)NC(=O)C(C)S3)N2CCOCC2)cc1. The van der Waals surface area contributed by atoms with E-state index in [-0.39, 0.29) is 23.1 Å². The molecule has 7 nitrogen and oxygen atoms in total. The molecular weight excluding hydrogens is 414 g/mol. The highest BCUT2D eigenvalue weighted by atomic mass is 32.2. The lowest BCUT2D eigenvalue weighted by Crippen LogP contribution is -2.43. The molecule has 0 aromatic heterocycles. The Labute approximate surface area is 186 Å². The molecule has 0 bridgehead atoms. The van der Waals surface area contributed by atoms with E-state index >= 15 is 0 Å². The molecule has 164 valence electrons. The zero-order valence-electron chi connectivity index (χ0n) is 17.7. The van der Waals surface area contributed by atoms with Crippen molar-refractivity contribution in [1.29, 1.82) is 0 Å². The van der Waals surface area contributed by atoms with Crippen LogP contribution in [0.3, 0.4) is 0 Å². The highest BCUT2D eigenvalue weighted by molar-refractivity contribution is 8.00. The summed E-state index contributed by atoms with van der Waals surface area (Å²) >= 11 is 1.51. The Morgan fingerprint density at radius 1 is 1.26 bits per heavy atom. The molecule has 2 N–H and O–H groups in total. The molecule has 0 aliphatic carbocycles. The second kappa shape index (κ2) is 9.72. The molecule has 2 aliphatic rings. The molecule has 0 saturated carbocycles. The number of hydrogen-bond donors (Lipinski definition) is 2. The monoisotopic (exact) mass is 441 g/mol. The first-order chi connectivity index (χ1) is 15.0. The quantitative estimate of drug-likeness (QED) is 0.718. The number of nitrogens with one attached hydrogen (secondary N) is 2. The van der Waals surface area contributed by atoms with Gasteiger partial charge in [-0.2, -0.15) is 0 Å². The molecule has 2 aliphatic heterocycles. The molecule has 8 heteroatoms. The van der Waals surface area contributed by atoms with E-state index in [1.807, 2.05) is 43.3 Å². The van der Waals surface area contributed by atoms with Crippen LogP contribution in [0, 0.1) is 0 Å². The summed E-state index contributed by atoms with van der Waals surface area (Å²) in [6.07, 6.45) is 0. The third-order valence-corrected chi connectivity index (χ3v) is 6.79. The molecule has 2 aromatic carbocycles. The summed E-state index contributed by atoms with van der Waals surface area (Å²) in [6, 6.07) is 13.4. The summed E-state index contributed by atoms with van der Waals surface area (Å²) in [5.74, 6) is 0.603. The van der Waals surface area contributed by atoms with Crippen LogP contribution in [0.1, 0.15) is 28.9 Å².